The molecule has 1 aliphatic heterocycles. The number of nitrogens with one attached hydrogen (secondary N) is 1. The Kier molecular flexibility index (Phi) is 8.84. The zero-order chi connectivity index (χ0) is 21.6. The monoisotopic (exact) mass is 422 g/mol. The first-order chi connectivity index (χ1) is 13.7. The average Bonchev–Trinajstić information content (AvgIpc) is 2.69. The van der Waals surface area contributed by atoms with Gasteiger partial charge in [-0.15, -0.1) is 0 Å². The maximum atomic E-state index is 13.3. The molecule has 29 heavy (non-hydrogen) atoms. The van der Waals surface area contributed by atoms with Gasteiger partial charge in [0.1, 0.15) is 11.6 Å². The van der Waals surface area contributed by atoms with Crippen molar-refractivity contribution in [2.45, 2.75) is 57.2 Å². The van der Waals surface area contributed by atoms with Gasteiger partial charge in [0.25, 0.3) is 0 Å². The van der Waals surface area contributed by atoms with E-state index in [4.69, 9.17) is 15.2 Å². The Balaban J connectivity index is 1.82. The Labute approximate surface area is 168 Å². The Bertz CT molecular complexity index is 628. The van der Waals surface area contributed by atoms with Gasteiger partial charge in [0.2, 0.25) is 0 Å². The summed E-state index contributed by atoms with van der Waals surface area (Å²) in [5.41, 5.74) is 5.31. The zero-order valence-electron chi connectivity index (χ0n) is 16.7. The van der Waals surface area contributed by atoms with E-state index in [-0.39, 0.29) is 19.3 Å². The molecule has 0 radical (unpaired) electrons. The number of aryl methyl sites for hydroxylation is 1. The number of aliphatic hydroxyl groups is 1. The van der Waals surface area contributed by atoms with Crippen LogP contribution in [0.5, 0.6) is 0 Å². The number of ether oxygens (including phenoxy) is 2. The molecule has 5 nitrogen and oxygen atoms in total. The average molecular weight is 422 g/mol. The van der Waals surface area contributed by atoms with Crippen LogP contribution in [0.3, 0.4) is 0 Å². The van der Waals surface area contributed by atoms with Crippen LogP contribution < -0.4 is 11.1 Å². The molecule has 1 saturated heterocycles. The molecule has 9 heteroatoms. The van der Waals surface area contributed by atoms with Crippen molar-refractivity contribution in [1.29, 1.82) is 0 Å². The van der Waals surface area contributed by atoms with Crippen LogP contribution in [0.1, 0.15) is 25.8 Å². The van der Waals surface area contributed by atoms with E-state index in [0.717, 1.165) is 6.07 Å². The largest absolute Gasteiger partial charge is 0.390 e. The van der Waals surface area contributed by atoms with Crippen LogP contribution in [0.2, 0.25) is 0 Å². The first-order valence-corrected chi connectivity index (χ1v) is 9.67. The minimum atomic E-state index is -1.21. The zero-order valence-corrected chi connectivity index (χ0v) is 16.7. The van der Waals surface area contributed by atoms with E-state index in [0.29, 0.717) is 18.4 Å². The molecule has 0 spiro atoms. The molecule has 0 aliphatic carbocycles. The maximum absolute atomic E-state index is 13.3. The van der Waals surface area contributed by atoms with Crippen molar-refractivity contribution in [3.8, 4) is 0 Å². The van der Waals surface area contributed by atoms with Crippen LogP contribution in [0.15, 0.2) is 18.2 Å². The topological polar surface area (TPSA) is 76.7 Å². The minimum Gasteiger partial charge on any atom is -0.390 e. The molecule has 1 fully saturated rings. The molecule has 5 atom stereocenters. The van der Waals surface area contributed by atoms with E-state index in [1.807, 2.05) is 0 Å². The van der Waals surface area contributed by atoms with Crippen molar-refractivity contribution in [2.75, 3.05) is 26.6 Å². The van der Waals surface area contributed by atoms with Crippen LogP contribution in [-0.2, 0) is 15.9 Å². The molecule has 1 aliphatic rings. The van der Waals surface area contributed by atoms with Gasteiger partial charge in [-0.2, -0.15) is 0 Å². The third-order valence-electron chi connectivity index (χ3n) is 5.11. The Morgan fingerprint density at radius 3 is 2.45 bits per heavy atom. The summed E-state index contributed by atoms with van der Waals surface area (Å²) in [6.07, 6.45) is -1.03. The van der Waals surface area contributed by atoms with Gasteiger partial charge in [0.15, 0.2) is 6.29 Å². The van der Waals surface area contributed by atoms with Crippen molar-refractivity contribution < 1.29 is 32.1 Å². The summed E-state index contributed by atoms with van der Waals surface area (Å²) < 4.78 is 63.5. The van der Waals surface area contributed by atoms with E-state index in [9.17, 15) is 22.7 Å². The van der Waals surface area contributed by atoms with E-state index in [1.165, 1.54) is 19.1 Å². The van der Waals surface area contributed by atoms with Crippen LogP contribution in [0.4, 0.5) is 17.6 Å². The lowest BCUT2D eigenvalue weighted by Gasteiger charge is -2.39. The fourth-order valence-electron chi connectivity index (χ4n) is 3.15. The highest BCUT2D eigenvalue weighted by molar-refractivity contribution is 5.18. The van der Waals surface area contributed by atoms with Crippen molar-refractivity contribution >= 4 is 0 Å². The lowest BCUT2D eigenvalue weighted by Crippen LogP contribution is -2.61. The molecule has 1 heterocycles. The highest BCUT2D eigenvalue weighted by Gasteiger charge is 2.36. The number of rotatable bonds is 10. The lowest BCUT2D eigenvalue weighted by atomic mass is 9.95. The first kappa shape index (κ1) is 24.0. The molecule has 0 unspecified atom stereocenters. The summed E-state index contributed by atoms with van der Waals surface area (Å²) >= 11 is 0. The van der Waals surface area contributed by atoms with E-state index >= 15 is 0 Å². The summed E-state index contributed by atoms with van der Waals surface area (Å²) in [4.78, 5) is 0. The predicted molar refractivity (Wildman–Crippen MR) is 101 cm³/mol. The quantitative estimate of drug-likeness (QED) is 0.505. The van der Waals surface area contributed by atoms with Crippen LogP contribution in [-0.4, -0.2) is 62.2 Å². The number of morpholine rings is 1. The second-order valence-corrected chi connectivity index (χ2v) is 8.12. The number of nitrogens with two attached hydrogens (primary N) is 1. The maximum Gasteiger partial charge on any atom is 0.172 e. The van der Waals surface area contributed by atoms with Gasteiger partial charge in [0, 0.05) is 17.5 Å². The molecule has 0 aromatic heterocycles. The highest BCUT2D eigenvalue weighted by atomic mass is 19.1. The number of benzene rings is 1. The summed E-state index contributed by atoms with van der Waals surface area (Å²) in [5, 5.41) is 13.7. The second-order valence-electron chi connectivity index (χ2n) is 8.12. The molecule has 1 aromatic carbocycles. The molecule has 166 valence electrons. The Morgan fingerprint density at radius 2 is 1.90 bits per heavy atom. The lowest BCUT2D eigenvalue weighted by molar-refractivity contribution is -0.205. The molecule has 0 amide bonds. The van der Waals surface area contributed by atoms with Crippen LogP contribution in [0.25, 0.3) is 0 Å². The number of halogens is 4. The molecule has 0 saturated carbocycles. The van der Waals surface area contributed by atoms with Gasteiger partial charge in [-0.25, -0.2) is 8.78 Å². The van der Waals surface area contributed by atoms with E-state index in [2.05, 4.69) is 5.32 Å². The molecule has 2 rings (SSSR count). The Hall–Kier alpha value is -1.26. The van der Waals surface area contributed by atoms with Crippen molar-refractivity contribution in [2.24, 2.45) is 11.1 Å². The summed E-state index contributed by atoms with van der Waals surface area (Å²) in [6.45, 7) is 1.50. The highest BCUT2D eigenvalue weighted by Crippen LogP contribution is 2.22. The van der Waals surface area contributed by atoms with Gasteiger partial charge in [0.05, 0.1) is 44.8 Å². The van der Waals surface area contributed by atoms with Gasteiger partial charge < -0.3 is 25.6 Å². The van der Waals surface area contributed by atoms with E-state index < -0.39 is 54.9 Å². The fraction of sp³-hybridized carbons (Fsp3) is 0.700. The number of hydrogen-bond donors (Lipinski definition) is 3. The van der Waals surface area contributed by atoms with Crippen molar-refractivity contribution in [3.63, 3.8) is 0 Å². The van der Waals surface area contributed by atoms with Crippen molar-refractivity contribution in [3.05, 3.63) is 35.4 Å². The summed E-state index contributed by atoms with van der Waals surface area (Å²) in [7, 11) is 0. The standard InChI is InChI=1S/C20H30F4N2O3/c1-12-19(29-11-20(2,9-21)10-22)28-8-17(26-12)18(27)16(25)4-3-13-5-14(23)7-15(24)6-13/h5-7,12,16-19,26-27H,3-4,8-11,25H2,1-2H3/t12-,16-,17+,18-,19-/m0/s1. The minimum absolute atomic E-state index is 0.0976. The SMILES string of the molecule is C[C@@H]1N[C@@H]([C@@H](O)[C@@H](N)CCc2cc(F)cc(F)c2)CO[C@H]1OCC(C)(CF)CF. The number of alkyl halides is 2. The molecule has 0 bridgehead atoms. The molecule has 1 aromatic rings. The molecular weight excluding hydrogens is 392 g/mol. The van der Waals surface area contributed by atoms with Gasteiger partial charge in [-0.1, -0.05) is 6.92 Å². The molecule has 4 N–H and O–H groups in total. The molecular formula is C20H30F4N2O3. The fourth-order valence-corrected chi connectivity index (χ4v) is 3.15. The van der Waals surface area contributed by atoms with Crippen LogP contribution in [0, 0.1) is 17.0 Å². The number of aliphatic hydroxyl groups excluding tert-OH is 1. The van der Waals surface area contributed by atoms with Gasteiger partial charge in [-0.05, 0) is 37.5 Å². The second kappa shape index (κ2) is 10.7. The van der Waals surface area contributed by atoms with Gasteiger partial charge in [-0.3, -0.25) is 8.78 Å². The smallest absolute Gasteiger partial charge is 0.172 e. The summed E-state index contributed by atoms with van der Waals surface area (Å²) in [5.74, 6) is -1.32. The normalized spacial score (nSPS) is 25.0. The summed E-state index contributed by atoms with van der Waals surface area (Å²) in [6, 6.07) is 1.81. The number of hydrogen-bond acceptors (Lipinski definition) is 5. The Morgan fingerprint density at radius 1 is 1.28 bits per heavy atom. The van der Waals surface area contributed by atoms with Crippen molar-refractivity contribution in [1.82, 2.24) is 5.32 Å². The van der Waals surface area contributed by atoms with E-state index in [1.54, 1.807) is 6.92 Å². The third-order valence-corrected chi connectivity index (χ3v) is 5.11. The van der Waals surface area contributed by atoms with Gasteiger partial charge >= 0.3 is 0 Å². The predicted octanol–water partition coefficient (Wildman–Crippen LogP) is 2.25. The van der Waals surface area contributed by atoms with Crippen LogP contribution >= 0.6 is 0 Å². The first-order valence-electron chi connectivity index (χ1n) is 9.67. The third kappa shape index (κ3) is 6.89.